The average Bonchev–Trinajstić information content (AvgIpc) is 3.59. The van der Waals surface area contributed by atoms with E-state index in [4.69, 9.17) is 9.41 Å². The molecule has 0 spiro atoms. The fourth-order valence-electron chi connectivity index (χ4n) is 8.07. The number of rotatable bonds is 6. The summed E-state index contributed by atoms with van der Waals surface area (Å²) >= 11 is 0. The summed E-state index contributed by atoms with van der Waals surface area (Å²) in [6.07, 6.45) is 12.8. The molecule has 1 aliphatic carbocycles. The Kier molecular flexibility index (Phi) is 7.42. The Morgan fingerprint density at radius 2 is 1.37 bits per heavy atom. The van der Waals surface area contributed by atoms with E-state index in [0.717, 1.165) is 64.0 Å². The molecule has 2 heterocycles. The van der Waals surface area contributed by atoms with Crippen LogP contribution >= 0.6 is 0 Å². The van der Waals surface area contributed by atoms with Crippen LogP contribution in [0.4, 0.5) is 17.1 Å². The predicted octanol–water partition coefficient (Wildman–Crippen LogP) is 13.1. The highest BCUT2D eigenvalue weighted by molar-refractivity contribution is 6.15. The second kappa shape index (κ2) is 12.7. The fraction of sp³-hybridized carbons (Fsp3) is 0.0816. The Balaban J connectivity index is 1.16. The van der Waals surface area contributed by atoms with Gasteiger partial charge in [-0.15, -0.1) is 0 Å². The zero-order chi connectivity index (χ0) is 34.4. The van der Waals surface area contributed by atoms with Crippen LogP contribution in [0.15, 0.2) is 179 Å². The monoisotopic (exact) mass is 668 g/mol. The number of furan rings is 1. The summed E-state index contributed by atoms with van der Waals surface area (Å²) in [5.74, 6) is 0.381. The quantitative estimate of drug-likeness (QED) is 0.176. The molecule has 52 heavy (non-hydrogen) atoms. The van der Waals surface area contributed by atoms with Gasteiger partial charge in [0.1, 0.15) is 5.58 Å². The van der Waals surface area contributed by atoms with E-state index < -0.39 is 0 Å². The Bertz CT molecular complexity index is 2700. The third kappa shape index (κ3) is 5.25. The van der Waals surface area contributed by atoms with Crippen molar-refractivity contribution in [2.45, 2.75) is 18.8 Å². The minimum Gasteiger partial charge on any atom is -0.454 e. The first-order valence-corrected chi connectivity index (χ1v) is 18.2. The molecule has 0 fully saturated rings. The summed E-state index contributed by atoms with van der Waals surface area (Å²) in [5.41, 5.74) is 13.5. The van der Waals surface area contributed by atoms with Crippen molar-refractivity contribution in [2.24, 2.45) is 4.99 Å². The van der Waals surface area contributed by atoms with E-state index in [1.807, 2.05) is 6.07 Å². The van der Waals surface area contributed by atoms with Crippen LogP contribution in [0.3, 0.4) is 0 Å². The van der Waals surface area contributed by atoms with E-state index in [2.05, 4.69) is 175 Å². The van der Waals surface area contributed by atoms with Gasteiger partial charge in [-0.25, -0.2) is 0 Å². The van der Waals surface area contributed by atoms with Gasteiger partial charge in [0.2, 0.25) is 0 Å². The number of nitrogens with zero attached hydrogens (tertiary/aromatic N) is 2. The molecule has 10 rings (SSSR count). The Hall–Kier alpha value is -6.45. The van der Waals surface area contributed by atoms with Crippen LogP contribution in [0.2, 0.25) is 0 Å². The molecule has 0 radical (unpaired) electrons. The van der Waals surface area contributed by atoms with Gasteiger partial charge in [0.15, 0.2) is 5.58 Å². The van der Waals surface area contributed by atoms with Crippen molar-refractivity contribution in [1.82, 2.24) is 0 Å². The van der Waals surface area contributed by atoms with Gasteiger partial charge >= 0.3 is 0 Å². The van der Waals surface area contributed by atoms with Crippen molar-refractivity contribution in [2.75, 3.05) is 11.4 Å². The van der Waals surface area contributed by atoms with Gasteiger partial charge in [0.25, 0.3) is 0 Å². The van der Waals surface area contributed by atoms with Crippen molar-refractivity contribution in [3.8, 4) is 22.3 Å². The van der Waals surface area contributed by atoms with Gasteiger partial charge < -0.3 is 9.32 Å². The highest BCUT2D eigenvalue weighted by atomic mass is 16.3. The summed E-state index contributed by atoms with van der Waals surface area (Å²) in [6.45, 7) is 0.788. The lowest BCUT2D eigenvalue weighted by Gasteiger charge is -2.29. The smallest absolute Gasteiger partial charge is 0.160 e. The summed E-state index contributed by atoms with van der Waals surface area (Å²) < 4.78 is 6.77. The van der Waals surface area contributed by atoms with Gasteiger partial charge in [-0.1, -0.05) is 121 Å². The van der Waals surface area contributed by atoms with Gasteiger partial charge in [-0.2, -0.15) is 0 Å². The molecule has 1 aromatic heterocycles. The molecular formula is C49H36N2O. The normalized spacial score (nSPS) is 15.0. The molecule has 0 bridgehead atoms. The molecule has 0 amide bonds. The van der Waals surface area contributed by atoms with E-state index in [9.17, 15) is 0 Å². The third-order valence-electron chi connectivity index (χ3n) is 10.7. The molecule has 1 atom stereocenters. The first kappa shape index (κ1) is 30.4. The molecular weight excluding hydrogens is 633 g/mol. The molecule has 1 aliphatic heterocycles. The van der Waals surface area contributed by atoms with Gasteiger partial charge in [0.05, 0.1) is 5.69 Å². The number of aliphatic imine (C=N–C) groups is 1. The molecule has 0 saturated heterocycles. The zero-order valence-corrected chi connectivity index (χ0v) is 28.7. The summed E-state index contributed by atoms with van der Waals surface area (Å²) in [4.78, 5) is 7.17. The molecule has 8 aromatic rings. The number of hydrogen-bond acceptors (Lipinski definition) is 3. The summed E-state index contributed by atoms with van der Waals surface area (Å²) in [5, 5.41) is 4.75. The first-order chi connectivity index (χ1) is 25.8. The number of anilines is 3. The zero-order valence-electron chi connectivity index (χ0n) is 28.7. The maximum absolute atomic E-state index is 6.77. The van der Waals surface area contributed by atoms with Crippen molar-refractivity contribution in [3.05, 3.63) is 187 Å². The number of fused-ring (bicyclic) bond motifs is 5. The van der Waals surface area contributed by atoms with Crippen molar-refractivity contribution >= 4 is 56.0 Å². The maximum atomic E-state index is 6.77. The van der Waals surface area contributed by atoms with E-state index in [1.165, 1.54) is 44.2 Å². The van der Waals surface area contributed by atoms with E-state index in [1.54, 1.807) is 0 Å². The molecule has 0 saturated carbocycles. The molecule has 7 aromatic carbocycles. The summed E-state index contributed by atoms with van der Waals surface area (Å²) in [7, 11) is 0. The van der Waals surface area contributed by atoms with E-state index in [0.29, 0.717) is 5.92 Å². The molecule has 3 nitrogen and oxygen atoms in total. The van der Waals surface area contributed by atoms with Crippen LogP contribution in [0.5, 0.6) is 0 Å². The number of hydrogen-bond donors (Lipinski definition) is 0. The van der Waals surface area contributed by atoms with Crippen LogP contribution in [-0.4, -0.2) is 12.8 Å². The lowest BCUT2D eigenvalue weighted by atomic mass is 9.92. The molecule has 248 valence electrons. The minimum absolute atomic E-state index is 0.381. The predicted molar refractivity (Wildman–Crippen MR) is 219 cm³/mol. The first-order valence-electron chi connectivity index (χ1n) is 18.2. The molecule has 3 heteroatoms. The highest BCUT2D eigenvalue weighted by Gasteiger charge is 2.26. The van der Waals surface area contributed by atoms with Gasteiger partial charge in [-0.3, -0.25) is 4.99 Å². The third-order valence-corrected chi connectivity index (χ3v) is 10.7. The Morgan fingerprint density at radius 1 is 0.615 bits per heavy atom. The Morgan fingerprint density at radius 3 is 2.17 bits per heavy atom. The number of benzene rings is 7. The maximum Gasteiger partial charge on any atom is 0.160 e. The average molecular weight is 669 g/mol. The van der Waals surface area contributed by atoms with Crippen LogP contribution in [-0.2, 0) is 6.42 Å². The van der Waals surface area contributed by atoms with Crippen LogP contribution in [0.1, 0.15) is 29.0 Å². The van der Waals surface area contributed by atoms with Crippen LogP contribution < -0.4 is 4.90 Å². The van der Waals surface area contributed by atoms with Gasteiger partial charge in [-0.05, 0) is 106 Å². The second-order valence-electron chi connectivity index (χ2n) is 13.8. The number of allylic oxidation sites excluding steroid dienone is 4. The summed E-state index contributed by atoms with van der Waals surface area (Å²) in [6, 6.07) is 52.8. The van der Waals surface area contributed by atoms with Crippen molar-refractivity contribution in [1.29, 1.82) is 0 Å². The lowest BCUT2D eigenvalue weighted by Crippen LogP contribution is -2.16. The molecule has 2 aliphatic rings. The SMILES string of the molecule is C1=CCC(c2ccc(N(c3ccc(-c4cc(-c5ccccc5)cc5ccccc45)cc3)c3c4c(cc5c3oc3ccccc35)CCN=C4)cc2)C=C1. The number of para-hydroxylation sites is 1. The minimum atomic E-state index is 0.381. The standard InChI is InChI=1S/C49H36N2O/c1-3-11-33(12-4-1)35-19-23-40(24-20-35)51(48-46-32-50-28-27-38(46)30-45-43-17-9-10-18-47(43)52-49(45)48)41-25-21-36(22-26-41)44-31-39(34-13-5-2-6-14-34)29-37-15-7-8-16-42(37)44/h1-11,13-26,29-33H,12,27-28H2. The van der Waals surface area contributed by atoms with E-state index in [-0.39, 0.29) is 0 Å². The largest absolute Gasteiger partial charge is 0.454 e. The van der Waals surface area contributed by atoms with Crippen molar-refractivity contribution < 1.29 is 4.42 Å². The van der Waals surface area contributed by atoms with Crippen LogP contribution in [0, 0.1) is 0 Å². The molecule has 0 N–H and O–H groups in total. The topological polar surface area (TPSA) is 28.7 Å². The van der Waals surface area contributed by atoms with Crippen LogP contribution in [0.25, 0.3) is 55.0 Å². The Labute approximate surface area is 303 Å². The van der Waals surface area contributed by atoms with Crippen molar-refractivity contribution in [3.63, 3.8) is 0 Å². The van der Waals surface area contributed by atoms with Gasteiger partial charge in [0, 0.05) is 46.4 Å². The second-order valence-corrected chi connectivity index (χ2v) is 13.8. The lowest BCUT2D eigenvalue weighted by molar-refractivity contribution is 0.668. The highest BCUT2D eigenvalue weighted by Crippen LogP contribution is 2.46. The molecule has 1 unspecified atom stereocenters. The van der Waals surface area contributed by atoms with E-state index >= 15 is 0 Å². The fourth-order valence-corrected chi connectivity index (χ4v) is 8.07.